The van der Waals surface area contributed by atoms with Gasteiger partial charge < -0.3 is 0 Å². The molecule has 0 unspecified atom stereocenters. The van der Waals surface area contributed by atoms with Gasteiger partial charge in [-0.15, -0.1) is 0 Å². The van der Waals surface area contributed by atoms with E-state index in [0.29, 0.717) is 23.6 Å². The lowest BCUT2D eigenvalue weighted by atomic mass is 10.1. The minimum absolute atomic E-state index is 0.263. The van der Waals surface area contributed by atoms with E-state index in [1.54, 1.807) is 12.4 Å². The summed E-state index contributed by atoms with van der Waals surface area (Å²) in [5, 5.41) is 7.09. The summed E-state index contributed by atoms with van der Waals surface area (Å²) in [6.07, 6.45) is 6.01. The van der Waals surface area contributed by atoms with Crippen molar-refractivity contribution in [2.75, 3.05) is 12.8 Å². The van der Waals surface area contributed by atoms with Crippen LogP contribution in [-0.4, -0.2) is 45.7 Å². The topological polar surface area (TPSA) is 91.8 Å². The molecular formula is C13H17N5O2S. The zero-order chi connectivity index (χ0) is 15.0. The molecule has 0 radical (unpaired) electrons. The highest BCUT2D eigenvalue weighted by Gasteiger charge is 2.35. The summed E-state index contributed by atoms with van der Waals surface area (Å²) in [5.74, 6) is 0. The third-order valence-electron chi connectivity index (χ3n) is 3.62. The molecule has 0 aliphatic carbocycles. The van der Waals surface area contributed by atoms with Crippen molar-refractivity contribution in [2.45, 2.75) is 25.8 Å². The molecule has 1 fully saturated rings. The Balaban J connectivity index is 2.07. The highest BCUT2D eigenvalue weighted by molar-refractivity contribution is 7.88. The second-order valence-electron chi connectivity index (χ2n) is 5.26. The predicted octanol–water partition coefficient (Wildman–Crippen LogP) is 1.27. The van der Waals surface area contributed by atoms with Crippen LogP contribution in [0.5, 0.6) is 0 Å². The fourth-order valence-electron chi connectivity index (χ4n) is 2.74. The third-order valence-corrected chi connectivity index (χ3v) is 4.91. The molecular weight excluding hydrogens is 290 g/mol. The van der Waals surface area contributed by atoms with Crippen LogP contribution in [0.4, 0.5) is 0 Å². The van der Waals surface area contributed by atoms with Crippen molar-refractivity contribution in [3.63, 3.8) is 0 Å². The molecule has 8 heteroatoms. The maximum atomic E-state index is 11.9. The molecule has 2 aromatic heterocycles. The maximum Gasteiger partial charge on any atom is 0.211 e. The Morgan fingerprint density at radius 2 is 2.10 bits per heavy atom. The Labute approximate surface area is 123 Å². The lowest BCUT2D eigenvalue weighted by Crippen LogP contribution is -2.30. The summed E-state index contributed by atoms with van der Waals surface area (Å²) in [6, 6.07) is 1.62. The molecule has 21 heavy (non-hydrogen) atoms. The number of aryl methyl sites for hydroxylation is 1. The first-order valence-corrected chi connectivity index (χ1v) is 8.62. The molecule has 7 nitrogen and oxygen atoms in total. The molecule has 1 saturated heterocycles. The van der Waals surface area contributed by atoms with Gasteiger partial charge in [-0.25, -0.2) is 8.42 Å². The van der Waals surface area contributed by atoms with Gasteiger partial charge >= 0.3 is 0 Å². The van der Waals surface area contributed by atoms with Crippen LogP contribution in [-0.2, 0) is 10.0 Å². The highest BCUT2D eigenvalue weighted by atomic mass is 32.2. The van der Waals surface area contributed by atoms with Crippen LogP contribution in [0, 0.1) is 6.92 Å². The SMILES string of the molecule is Cc1cc(-c2nccnc2[C@@H]2CCCN2S(C)(=O)=O)n[nH]1. The number of H-pyrrole nitrogens is 1. The molecule has 112 valence electrons. The molecule has 0 amide bonds. The van der Waals surface area contributed by atoms with Gasteiger partial charge in [0.05, 0.1) is 18.0 Å². The van der Waals surface area contributed by atoms with Gasteiger partial charge in [-0.05, 0) is 25.8 Å². The Bertz CT molecular complexity index is 755. The van der Waals surface area contributed by atoms with E-state index in [-0.39, 0.29) is 6.04 Å². The second kappa shape index (κ2) is 5.19. The first kappa shape index (κ1) is 14.2. The summed E-state index contributed by atoms with van der Waals surface area (Å²) in [6.45, 7) is 2.43. The van der Waals surface area contributed by atoms with Crippen LogP contribution in [0.25, 0.3) is 11.4 Å². The normalized spacial score (nSPS) is 20.0. The monoisotopic (exact) mass is 307 g/mol. The molecule has 0 spiro atoms. The molecule has 1 aliphatic rings. The van der Waals surface area contributed by atoms with Gasteiger partial charge in [-0.1, -0.05) is 0 Å². The number of aromatic nitrogens is 4. The van der Waals surface area contributed by atoms with E-state index in [1.807, 2.05) is 13.0 Å². The van der Waals surface area contributed by atoms with E-state index in [2.05, 4.69) is 20.2 Å². The maximum absolute atomic E-state index is 11.9. The Hall–Kier alpha value is -1.80. The number of hydrogen-bond donors (Lipinski definition) is 1. The lowest BCUT2D eigenvalue weighted by Gasteiger charge is -2.22. The van der Waals surface area contributed by atoms with E-state index in [9.17, 15) is 8.42 Å². The number of rotatable bonds is 3. The number of sulfonamides is 1. The van der Waals surface area contributed by atoms with Gasteiger partial charge in [0.15, 0.2) is 0 Å². The fourth-order valence-corrected chi connectivity index (χ4v) is 3.87. The van der Waals surface area contributed by atoms with Crippen LogP contribution in [0.1, 0.15) is 30.3 Å². The van der Waals surface area contributed by atoms with Crippen molar-refractivity contribution in [1.82, 2.24) is 24.5 Å². The van der Waals surface area contributed by atoms with Crippen molar-refractivity contribution in [2.24, 2.45) is 0 Å². The summed E-state index contributed by atoms with van der Waals surface area (Å²) in [4.78, 5) is 8.74. The van der Waals surface area contributed by atoms with Crippen molar-refractivity contribution in [1.29, 1.82) is 0 Å². The smallest absolute Gasteiger partial charge is 0.211 e. The fraction of sp³-hybridized carbons (Fsp3) is 0.462. The largest absolute Gasteiger partial charge is 0.282 e. The number of aromatic amines is 1. The number of nitrogens with one attached hydrogen (secondary N) is 1. The molecule has 2 aromatic rings. The van der Waals surface area contributed by atoms with Crippen LogP contribution < -0.4 is 0 Å². The van der Waals surface area contributed by atoms with Gasteiger partial charge in [0.2, 0.25) is 10.0 Å². The number of hydrogen-bond acceptors (Lipinski definition) is 5. The van der Waals surface area contributed by atoms with Crippen molar-refractivity contribution in [3.8, 4) is 11.4 Å². The van der Waals surface area contributed by atoms with Gasteiger partial charge in [0, 0.05) is 24.6 Å². The summed E-state index contributed by atoms with van der Waals surface area (Å²) >= 11 is 0. The van der Waals surface area contributed by atoms with Gasteiger partial charge in [0.25, 0.3) is 0 Å². The Kier molecular flexibility index (Phi) is 3.50. The molecule has 1 aliphatic heterocycles. The quantitative estimate of drug-likeness (QED) is 0.922. The van der Waals surface area contributed by atoms with Gasteiger partial charge in [0.1, 0.15) is 11.4 Å². The van der Waals surface area contributed by atoms with Crippen LogP contribution in [0.2, 0.25) is 0 Å². The summed E-state index contributed by atoms with van der Waals surface area (Å²) in [7, 11) is -3.26. The van der Waals surface area contributed by atoms with Crippen molar-refractivity contribution >= 4 is 10.0 Å². The van der Waals surface area contributed by atoms with Crippen LogP contribution in [0.3, 0.4) is 0 Å². The minimum atomic E-state index is -3.26. The summed E-state index contributed by atoms with van der Waals surface area (Å²) < 4.78 is 25.4. The average Bonchev–Trinajstić information content (AvgIpc) is 3.06. The van der Waals surface area contributed by atoms with Crippen LogP contribution >= 0.6 is 0 Å². The molecule has 1 N–H and O–H groups in total. The number of nitrogens with zero attached hydrogens (tertiary/aromatic N) is 4. The van der Waals surface area contributed by atoms with E-state index in [1.165, 1.54) is 10.6 Å². The standard InChI is InChI=1S/C13H17N5O2S/c1-9-8-10(17-16-9)12-13(15-6-5-14-12)11-4-3-7-18(11)21(2,19)20/h5-6,8,11H,3-4,7H2,1-2H3,(H,16,17)/t11-/m0/s1. The average molecular weight is 307 g/mol. The van der Waals surface area contributed by atoms with E-state index < -0.39 is 10.0 Å². The lowest BCUT2D eigenvalue weighted by molar-refractivity contribution is 0.394. The van der Waals surface area contributed by atoms with E-state index >= 15 is 0 Å². The van der Waals surface area contributed by atoms with Gasteiger partial charge in [-0.2, -0.15) is 9.40 Å². The van der Waals surface area contributed by atoms with Gasteiger partial charge in [-0.3, -0.25) is 15.1 Å². The molecule has 3 rings (SSSR count). The zero-order valence-electron chi connectivity index (χ0n) is 11.9. The van der Waals surface area contributed by atoms with E-state index in [4.69, 9.17) is 0 Å². The Morgan fingerprint density at radius 3 is 2.76 bits per heavy atom. The third kappa shape index (κ3) is 2.68. The van der Waals surface area contributed by atoms with Crippen molar-refractivity contribution in [3.05, 3.63) is 29.8 Å². The van der Waals surface area contributed by atoms with Crippen molar-refractivity contribution < 1.29 is 8.42 Å². The van der Waals surface area contributed by atoms with E-state index in [0.717, 1.165) is 18.5 Å². The first-order chi connectivity index (χ1) is 9.97. The molecule has 3 heterocycles. The first-order valence-electron chi connectivity index (χ1n) is 6.77. The molecule has 0 bridgehead atoms. The molecule has 1 atom stereocenters. The molecule has 0 saturated carbocycles. The second-order valence-corrected chi connectivity index (χ2v) is 7.19. The molecule has 0 aromatic carbocycles. The highest BCUT2D eigenvalue weighted by Crippen LogP contribution is 2.36. The Morgan fingerprint density at radius 1 is 1.33 bits per heavy atom. The summed E-state index contributed by atoms with van der Waals surface area (Å²) in [5.41, 5.74) is 2.93. The zero-order valence-corrected chi connectivity index (χ0v) is 12.8. The van der Waals surface area contributed by atoms with Crippen LogP contribution in [0.15, 0.2) is 18.5 Å². The predicted molar refractivity (Wildman–Crippen MR) is 77.9 cm³/mol. The minimum Gasteiger partial charge on any atom is -0.282 e.